The lowest BCUT2D eigenvalue weighted by Gasteiger charge is -2.30. The number of amides is 2. The number of benzene rings is 1. The summed E-state index contributed by atoms with van der Waals surface area (Å²) in [4.78, 5) is 38.2. The van der Waals surface area contributed by atoms with Crippen molar-refractivity contribution in [2.45, 2.75) is 31.9 Å². The molecule has 0 aliphatic carbocycles. The maximum absolute atomic E-state index is 13.2. The van der Waals surface area contributed by atoms with Crippen LogP contribution in [-0.2, 0) is 20.8 Å². The van der Waals surface area contributed by atoms with Crippen LogP contribution in [-0.4, -0.2) is 53.6 Å². The van der Waals surface area contributed by atoms with Crippen molar-refractivity contribution in [1.82, 2.24) is 4.90 Å². The van der Waals surface area contributed by atoms with E-state index in [1.165, 1.54) is 4.90 Å². The summed E-state index contributed by atoms with van der Waals surface area (Å²) in [5.74, 6) is -2.69. The Morgan fingerprint density at radius 3 is 2.52 bits per heavy atom. The fourth-order valence-electron chi connectivity index (χ4n) is 3.66. The number of rotatable bonds is 4. The van der Waals surface area contributed by atoms with Gasteiger partial charge in [-0.3, -0.25) is 14.4 Å². The number of para-hydroxylation sites is 1. The molecule has 6 nitrogen and oxygen atoms in total. The number of alkyl halides is 3. The first-order valence-corrected chi connectivity index (χ1v) is 8.62. The van der Waals surface area contributed by atoms with Crippen molar-refractivity contribution in [1.29, 1.82) is 0 Å². The number of carboxylic acid groups (broad SMARTS) is 1. The third-order valence-electron chi connectivity index (χ3n) is 5.31. The van der Waals surface area contributed by atoms with E-state index in [-0.39, 0.29) is 25.4 Å². The highest BCUT2D eigenvalue weighted by Crippen LogP contribution is 2.45. The van der Waals surface area contributed by atoms with Crippen LogP contribution in [0.1, 0.15) is 24.8 Å². The van der Waals surface area contributed by atoms with Crippen LogP contribution in [0.3, 0.4) is 0 Å². The summed E-state index contributed by atoms with van der Waals surface area (Å²) in [5.41, 5.74) is -1.23. The number of halogens is 3. The van der Waals surface area contributed by atoms with E-state index in [0.717, 1.165) is 10.5 Å². The number of carboxylic acids is 1. The van der Waals surface area contributed by atoms with Crippen LogP contribution < -0.4 is 4.90 Å². The number of carbonyl (C=O) groups excluding carboxylic acids is 2. The van der Waals surface area contributed by atoms with Crippen LogP contribution in [0.4, 0.5) is 18.9 Å². The highest BCUT2D eigenvalue weighted by molar-refractivity contribution is 5.97. The Labute approximate surface area is 153 Å². The van der Waals surface area contributed by atoms with E-state index in [4.69, 9.17) is 5.11 Å². The third kappa shape index (κ3) is 3.38. The Bertz CT molecular complexity index is 780. The molecule has 2 amide bonds. The molecule has 2 aliphatic heterocycles. The van der Waals surface area contributed by atoms with Crippen LogP contribution in [0, 0.1) is 5.41 Å². The molecule has 0 radical (unpaired) electrons. The number of aryl methyl sites for hydroxylation is 1. The molecule has 3 rings (SSSR count). The Kier molecular flexibility index (Phi) is 4.88. The van der Waals surface area contributed by atoms with Crippen LogP contribution >= 0.6 is 0 Å². The van der Waals surface area contributed by atoms with Gasteiger partial charge in [-0.1, -0.05) is 18.2 Å². The largest absolute Gasteiger partial charge is 0.481 e. The minimum Gasteiger partial charge on any atom is -0.481 e. The van der Waals surface area contributed by atoms with Gasteiger partial charge in [-0.2, -0.15) is 13.2 Å². The number of likely N-dealkylation sites (tertiary alicyclic amines) is 1. The van der Waals surface area contributed by atoms with Crippen LogP contribution in [0.5, 0.6) is 0 Å². The standard InChI is InChI=1S/C18H19F3N2O4/c19-18(20,21)17(16(26)27)8-10-22(11-17)14(24)7-9-23-13-4-2-1-3-12(13)5-6-15(23)25/h1-4H,5-11H2,(H,26,27). The Hall–Kier alpha value is -2.58. The van der Waals surface area contributed by atoms with Crippen molar-refractivity contribution in [3.8, 4) is 0 Å². The molecule has 0 saturated carbocycles. The molecule has 1 N–H and O–H groups in total. The second-order valence-electron chi connectivity index (χ2n) is 6.87. The van der Waals surface area contributed by atoms with Crippen LogP contribution in [0.25, 0.3) is 0 Å². The lowest BCUT2D eigenvalue weighted by molar-refractivity contribution is -0.227. The van der Waals surface area contributed by atoms with Gasteiger partial charge in [-0.25, -0.2) is 0 Å². The van der Waals surface area contributed by atoms with Gasteiger partial charge >= 0.3 is 12.1 Å². The van der Waals surface area contributed by atoms with E-state index < -0.39 is 36.4 Å². The molecule has 27 heavy (non-hydrogen) atoms. The smallest absolute Gasteiger partial charge is 0.406 e. The molecule has 0 aromatic heterocycles. The quantitative estimate of drug-likeness (QED) is 0.864. The molecular formula is C18H19F3N2O4. The molecule has 0 bridgehead atoms. The van der Waals surface area contributed by atoms with Gasteiger partial charge in [0.2, 0.25) is 11.8 Å². The van der Waals surface area contributed by atoms with Crippen molar-refractivity contribution in [2.75, 3.05) is 24.5 Å². The van der Waals surface area contributed by atoms with Gasteiger partial charge in [-0.15, -0.1) is 0 Å². The van der Waals surface area contributed by atoms with E-state index in [1.807, 2.05) is 12.1 Å². The Balaban J connectivity index is 1.67. The zero-order valence-electron chi connectivity index (χ0n) is 14.5. The van der Waals surface area contributed by atoms with Crippen molar-refractivity contribution < 1.29 is 32.7 Å². The topological polar surface area (TPSA) is 77.9 Å². The van der Waals surface area contributed by atoms with Gasteiger partial charge in [0.05, 0.1) is 0 Å². The van der Waals surface area contributed by atoms with Crippen molar-refractivity contribution in [3.63, 3.8) is 0 Å². The maximum atomic E-state index is 13.2. The first-order chi connectivity index (χ1) is 12.7. The molecular weight excluding hydrogens is 365 g/mol. The summed E-state index contributed by atoms with van der Waals surface area (Å²) in [5, 5.41) is 9.07. The number of aliphatic carboxylic acids is 1. The lowest BCUT2D eigenvalue weighted by Crippen LogP contribution is -2.48. The number of carbonyl (C=O) groups is 3. The molecule has 2 aliphatic rings. The molecule has 0 spiro atoms. The summed E-state index contributed by atoms with van der Waals surface area (Å²) in [6.45, 7) is -1.11. The molecule has 146 valence electrons. The third-order valence-corrected chi connectivity index (χ3v) is 5.31. The number of nitrogens with zero attached hydrogens (tertiary/aromatic N) is 2. The predicted octanol–water partition coefficient (Wildman–Crippen LogP) is 2.22. The van der Waals surface area contributed by atoms with Crippen LogP contribution in [0.2, 0.25) is 0 Å². The molecule has 1 atom stereocenters. The highest BCUT2D eigenvalue weighted by Gasteiger charge is 2.64. The second kappa shape index (κ2) is 6.86. The van der Waals surface area contributed by atoms with Gasteiger partial charge in [0.25, 0.3) is 0 Å². The first-order valence-electron chi connectivity index (χ1n) is 8.62. The highest BCUT2D eigenvalue weighted by atomic mass is 19.4. The molecule has 1 aromatic rings. The van der Waals surface area contributed by atoms with Crippen molar-refractivity contribution >= 4 is 23.5 Å². The average molecular weight is 384 g/mol. The number of fused-ring (bicyclic) bond motifs is 1. The normalized spacial score (nSPS) is 22.7. The second-order valence-corrected chi connectivity index (χ2v) is 6.87. The maximum Gasteiger partial charge on any atom is 0.406 e. The van der Waals surface area contributed by atoms with E-state index in [2.05, 4.69) is 0 Å². The first kappa shape index (κ1) is 19.2. The predicted molar refractivity (Wildman–Crippen MR) is 89.1 cm³/mol. The molecule has 1 unspecified atom stereocenters. The fraction of sp³-hybridized carbons (Fsp3) is 0.500. The molecule has 1 saturated heterocycles. The molecule has 1 aromatic carbocycles. The molecule has 2 heterocycles. The zero-order valence-corrected chi connectivity index (χ0v) is 14.5. The van der Waals surface area contributed by atoms with Gasteiger partial charge in [0, 0.05) is 38.2 Å². The van der Waals surface area contributed by atoms with E-state index in [9.17, 15) is 27.6 Å². The van der Waals surface area contributed by atoms with Gasteiger partial charge < -0.3 is 14.9 Å². The number of hydrogen-bond donors (Lipinski definition) is 1. The Morgan fingerprint density at radius 2 is 1.89 bits per heavy atom. The van der Waals surface area contributed by atoms with Crippen molar-refractivity contribution in [2.24, 2.45) is 5.41 Å². The van der Waals surface area contributed by atoms with E-state index in [1.54, 1.807) is 12.1 Å². The Morgan fingerprint density at radius 1 is 1.19 bits per heavy atom. The van der Waals surface area contributed by atoms with E-state index in [0.29, 0.717) is 18.5 Å². The van der Waals surface area contributed by atoms with E-state index >= 15 is 0 Å². The van der Waals surface area contributed by atoms with Gasteiger partial charge in [-0.05, 0) is 24.5 Å². The summed E-state index contributed by atoms with van der Waals surface area (Å²) in [6, 6.07) is 7.29. The van der Waals surface area contributed by atoms with Crippen molar-refractivity contribution in [3.05, 3.63) is 29.8 Å². The average Bonchev–Trinajstić information content (AvgIpc) is 3.07. The number of hydrogen-bond acceptors (Lipinski definition) is 3. The number of anilines is 1. The molecule has 1 fully saturated rings. The minimum absolute atomic E-state index is 0.0528. The monoisotopic (exact) mass is 384 g/mol. The SMILES string of the molecule is O=C(CCN1C(=O)CCc2ccccc21)N1CCC(C(=O)O)(C(F)(F)F)C1. The summed E-state index contributed by atoms with van der Waals surface area (Å²) in [7, 11) is 0. The fourth-order valence-corrected chi connectivity index (χ4v) is 3.66. The lowest BCUT2D eigenvalue weighted by atomic mass is 9.86. The van der Waals surface area contributed by atoms with Gasteiger partial charge in [0.15, 0.2) is 5.41 Å². The summed E-state index contributed by atoms with van der Waals surface area (Å²) in [6.07, 6.45) is -4.84. The summed E-state index contributed by atoms with van der Waals surface area (Å²) >= 11 is 0. The van der Waals surface area contributed by atoms with Gasteiger partial charge in [0.1, 0.15) is 0 Å². The zero-order chi connectivity index (χ0) is 19.8. The minimum atomic E-state index is -4.93. The van der Waals surface area contributed by atoms with Crippen LogP contribution in [0.15, 0.2) is 24.3 Å². The summed E-state index contributed by atoms with van der Waals surface area (Å²) < 4.78 is 39.7. The molecule has 9 heteroatoms.